The molecular formula is C18H22INO2. The van der Waals surface area contributed by atoms with E-state index < -0.39 is 5.60 Å². The van der Waals surface area contributed by atoms with E-state index >= 15 is 0 Å². The highest BCUT2D eigenvalue weighted by Gasteiger charge is 2.21. The summed E-state index contributed by atoms with van der Waals surface area (Å²) in [5.74, 6) is 0. The maximum Gasteiger partial charge on any atom is 0.419 e. The van der Waals surface area contributed by atoms with Crippen molar-refractivity contribution in [2.75, 3.05) is 0 Å². The zero-order valence-electron chi connectivity index (χ0n) is 13.7. The third-order valence-electron chi connectivity index (χ3n) is 3.18. The first-order chi connectivity index (χ1) is 10.2. The molecule has 4 heteroatoms. The van der Waals surface area contributed by atoms with Gasteiger partial charge in [-0.3, -0.25) is 4.57 Å². The van der Waals surface area contributed by atoms with Crippen molar-refractivity contribution in [3.8, 4) is 0 Å². The molecule has 0 bridgehead atoms. The zero-order chi connectivity index (χ0) is 16.5. The van der Waals surface area contributed by atoms with E-state index in [-0.39, 0.29) is 6.09 Å². The topological polar surface area (TPSA) is 31.2 Å². The number of aromatic nitrogens is 1. The molecule has 0 saturated heterocycles. The molecule has 118 valence electrons. The fraction of sp³-hybridized carbons (Fsp3) is 0.389. The number of fused-ring (bicyclic) bond motifs is 1. The van der Waals surface area contributed by atoms with Gasteiger partial charge in [-0.05, 0) is 69.2 Å². The van der Waals surface area contributed by atoms with Crippen molar-refractivity contribution >= 4 is 39.6 Å². The zero-order valence-corrected chi connectivity index (χ0v) is 15.9. The molecule has 0 amide bonds. The summed E-state index contributed by atoms with van der Waals surface area (Å²) in [5, 5.41) is 1.09. The van der Waals surface area contributed by atoms with Crippen LogP contribution in [0, 0.1) is 3.57 Å². The molecular weight excluding hydrogens is 389 g/mol. The third-order valence-corrected chi connectivity index (χ3v) is 4.04. The van der Waals surface area contributed by atoms with Crippen LogP contribution in [0.2, 0.25) is 0 Å². The predicted octanol–water partition coefficient (Wildman–Crippen LogP) is 5.54. The average Bonchev–Trinajstić information content (AvgIpc) is 2.73. The first-order valence-corrected chi connectivity index (χ1v) is 8.42. The number of ether oxygens (including phenoxy) is 1. The fourth-order valence-corrected chi connectivity index (χ4v) is 2.96. The molecule has 0 unspecified atom stereocenters. The van der Waals surface area contributed by atoms with Crippen LogP contribution in [0.3, 0.4) is 0 Å². The highest BCUT2D eigenvalue weighted by atomic mass is 127. The van der Waals surface area contributed by atoms with Crippen LogP contribution in [0.25, 0.3) is 10.9 Å². The Morgan fingerprint density at radius 2 is 2.00 bits per heavy atom. The Morgan fingerprint density at radius 3 is 2.59 bits per heavy atom. The number of carbonyl (C=O) groups is 1. The minimum atomic E-state index is -0.506. The molecule has 2 aromatic rings. The summed E-state index contributed by atoms with van der Waals surface area (Å²) < 4.78 is 8.22. The molecule has 1 aromatic carbocycles. The van der Waals surface area contributed by atoms with Crippen molar-refractivity contribution in [1.82, 2.24) is 4.57 Å². The van der Waals surface area contributed by atoms with Crippen LogP contribution < -0.4 is 0 Å². The Bertz CT molecular complexity index is 731. The van der Waals surface area contributed by atoms with Crippen LogP contribution in [0.1, 0.15) is 40.2 Å². The van der Waals surface area contributed by atoms with Gasteiger partial charge in [-0.25, -0.2) is 4.79 Å². The Labute approximate surface area is 145 Å². The van der Waals surface area contributed by atoms with Gasteiger partial charge in [-0.15, -0.1) is 0 Å². The number of rotatable bonds is 2. The van der Waals surface area contributed by atoms with Gasteiger partial charge in [0.05, 0.1) is 5.52 Å². The lowest BCUT2D eigenvalue weighted by Gasteiger charge is -2.20. The van der Waals surface area contributed by atoms with Gasteiger partial charge in [0.25, 0.3) is 0 Å². The summed E-state index contributed by atoms with van der Waals surface area (Å²) in [6.45, 7) is 9.80. The van der Waals surface area contributed by atoms with Gasteiger partial charge < -0.3 is 4.74 Å². The van der Waals surface area contributed by atoms with Gasteiger partial charge in [0.15, 0.2) is 0 Å². The molecule has 0 saturated carbocycles. The number of para-hydroxylation sites is 1. The first kappa shape index (κ1) is 17.1. The van der Waals surface area contributed by atoms with Crippen LogP contribution >= 0.6 is 22.6 Å². The number of hydrogen-bond acceptors (Lipinski definition) is 2. The summed E-state index contributed by atoms with van der Waals surface area (Å²) in [5.41, 5.74) is 2.83. The Hall–Kier alpha value is -1.30. The number of benzene rings is 1. The number of allylic oxidation sites excluding steroid dienone is 2. The van der Waals surface area contributed by atoms with Gasteiger partial charge in [0, 0.05) is 15.2 Å². The molecule has 0 radical (unpaired) electrons. The highest BCUT2D eigenvalue weighted by molar-refractivity contribution is 14.1. The second-order valence-electron chi connectivity index (χ2n) is 6.63. The fourth-order valence-electron chi connectivity index (χ4n) is 2.25. The number of hydrogen-bond donors (Lipinski definition) is 0. The molecule has 0 aliphatic carbocycles. The van der Waals surface area contributed by atoms with Crippen LogP contribution in [-0.4, -0.2) is 16.3 Å². The van der Waals surface area contributed by atoms with E-state index in [2.05, 4.69) is 48.6 Å². The Kier molecular flexibility index (Phi) is 5.00. The highest BCUT2D eigenvalue weighted by Crippen LogP contribution is 2.27. The van der Waals surface area contributed by atoms with Gasteiger partial charge in [0.2, 0.25) is 0 Å². The largest absolute Gasteiger partial charge is 0.443 e. The van der Waals surface area contributed by atoms with Crippen molar-refractivity contribution in [3.05, 3.63) is 45.2 Å². The van der Waals surface area contributed by atoms with E-state index in [0.29, 0.717) is 0 Å². The van der Waals surface area contributed by atoms with Gasteiger partial charge in [-0.1, -0.05) is 29.8 Å². The van der Waals surface area contributed by atoms with E-state index in [1.165, 1.54) is 5.57 Å². The number of carbonyl (C=O) groups excluding carboxylic acids is 1. The standard InChI is InChI=1S/C18H22INO2/c1-12(2)9-10-13-7-6-8-14-15(19)11-20(16(13)14)17(21)22-18(3,4)5/h6-9,11H,10H2,1-5H3. The molecule has 0 aliphatic heterocycles. The van der Waals surface area contributed by atoms with E-state index in [1.807, 2.05) is 39.1 Å². The van der Waals surface area contributed by atoms with Crippen molar-refractivity contribution < 1.29 is 9.53 Å². The summed E-state index contributed by atoms with van der Waals surface area (Å²) in [6, 6.07) is 6.15. The minimum Gasteiger partial charge on any atom is -0.443 e. The predicted molar refractivity (Wildman–Crippen MR) is 99.4 cm³/mol. The second-order valence-corrected chi connectivity index (χ2v) is 7.79. The molecule has 2 rings (SSSR count). The Morgan fingerprint density at radius 1 is 1.32 bits per heavy atom. The normalized spacial score (nSPS) is 11.5. The van der Waals surface area contributed by atoms with Crippen LogP contribution in [-0.2, 0) is 11.2 Å². The van der Waals surface area contributed by atoms with Crippen molar-refractivity contribution in [2.45, 2.75) is 46.6 Å². The number of halogens is 1. The molecule has 0 spiro atoms. The summed E-state index contributed by atoms with van der Waals surface area (Å²) in [7, 11) is 0. The van der Waals surface area contributed by atoms with E-state index in [1.54, 1.807) is 4.57 Å². The van der Waals surface area contributed by atoms with Crippen LogP contribution in [0.15, 0.2) is 36.0 Å². The first-order valence-electron chi connectivity index (χ1n) is 7.34. The minimum absolute atomic E-state index is 0.329. The number of nitrogens with zero attached hydrogens (tertiary/aromatic N) is 1. The molecule has 0 N–H and O–H groups in total. The van der Waals surface area contributed by atoms with E-state index in [0.717, 1.165) is 26.5 Å². The maximum atomic E-state index is 12.5. The molecule has 0 fully saturated rings. The van der Waals surface area contributed by atoms with Crippen molar-refractivity contribution in [2.24, 2.45) is 0 Å². The summed E-state index contributed by atoms with van der Waals surface area (Å²) >= 11 is 2.26. The lowest BCUT2D eigenvalue weighted by Crippen LogP contribution is -2.26. The lowest BCUT2D eigenvalue weighted by atomic mass is 10.1. The van der Waals surface area contributed by atoms with E-state index in [9.17, 15) is 4.79 Å². The Balaban J connectivity index is 2.55. The van der Waals surface area contributed by atoms with Crippen LogP contribution in [0.5, 0.6) is 0 Å². The average molecular weight is 411 g/mol. The summed E-state index contributed by atoms with van der Waals surface area (Å²) in [6.07, 6.45) is 4.51. The molecule has 1 aromatic heterocycles. The third kappa shape index (κ3) is 3.91. The van der Waals surface area contributed by atoms with Crippen molar-refractivity contribution in [1.29, 1.82) is 0 Å². The molecule has 22 heavy (non-hydrogen) atoms. The molecule has 0 atom stereocenters. The second kappa shape index (κ2) is 6.44. The van der Waals surface area contributed by atoms with Crippen molar-refractivity contribution in [3.63, 3.8) is 0 Å². The van der Waals surface area contributed by atoms with Gasteiger partial charge in [-0.2, -0.15) is 0 Å². The van der Waals surface area contributed by atoms with Gasteiger partial charge in [0.1, 0.15) is 5.60 Å². The van der Waals surface area contributed by atoms with E-state index in [4.69, 9.17) is 4.74 Å². The smallest absolute Gasteiger partial charge is 0.419 e. The quantitative estimate of drug-likeness (QED) is 0.480. The van der Waals surface area contributed by atoms with Gasteiger partial charge >= 0.3 is 6.09 Å². The maximum absolute atomic E-state index is 12.5. The monoisotopic (exact) mass is 411 g/mol. The molecule has 0 aliphatic rings. The SMILES string of the molecule is CC(C)=CCc1cccc2c(I)cn(C(=O)OC(C)(C)C)c12. The summed E-state index contributed by atoms with van der Waals surface area (Å²) in [4.78, 5) is 12.5. The molecule has 3 nitrogen and oxygen atoms in total. The van der Waals surface area contributed by atoms with Crippen LogP contribution in [0.4, 0.5) is 4.79 Å². The lowest BCUT2D eigenvalue weighted by molar-refractivity contribution is 0.0544. The molecule has 1 heterocycles.